The van der Waals surface area contributed by atoms with E-state index in [1.807, 2.05) is 0 Å². The zero-order valence-electron chi connectivity index (χ0n) is 30.0. The number of tetrazole rings is 1. The molecule has 0 unspecified atom stereocenters. The predicted octanol–water partition coefficient (Wildman–Crippen LogP) is -4.74. The number of urea groups is 1. The number of piperazine rings is 1. The second kappa shape index (κ2) is 18.1. The molecule has 0 spiro atoms. The molecule has 54 heavy (non-hydrogen) atoms. The number of carbonyl (C=O) groups is 8. The number of nitrogens with one attached hydrogen (secondary N) is 3. The zero-order valence-corrected chi connectivity index (χ0v) is 32.6. The number of benzene rings is 1. The summed E-state index contributed by atoms with van der Waals surface area (Å²) >= 11 is 2.39. The van der Waals surface area contributed by atoms with Crippen molar-refractivity contribution in [3.63, 3.8) is 0 Å². The van der Waals surface area contributed by atoms with Crippen LogP contribution >= 0.6 is 23.5 Å². The van der Waals surface area contributed by atoms with Gasteiger partial charge in [-0.2, -0.15) is 0 Å². The molecular weight excluding hydrogens is 766 g/mol. The Balaban J connectivity index is 0.00000406. The minimum Gasteiger partial charge on any atom is -1.00 e. The molecule has 0 saturated carbocycles. The van der Waals surface area contributed by atoms with Crippen molar-refractivity contribution in [2.75, 3.05) is 43.1 Å². The van der Waals surface area contributed by atoms with E-state index in [4.69, 9.17) is 15.6 Å². The molecule has 5 rings (SSSR count). The van der Waals surface area contributed by atoms with E-state index in [-0.39, 0.29) is 79.1 Å². The average molecular weight is 800 g/mol. The number of carbonyl (C=O) groups excluding carboxylic acids is 6. The summed E-state index contributed by atoms with van der Waals surface area (Å²) in [6.45, 7) is 1.14. The van der Waals surface area contributed by atoms with Crippen LogP contribution in [-0.4, -0.2) is 148 Å². The molecular formula is C29H34N11NaO11S2. The van der Waals surface area contributed by atoms with E-state index in [0.717, 1.165) is 4.90 Å². The van der Waals surface area contributed by atoms with Gasteiger partial charge in [-0.05, 0) is 40.6 Å². The van der Waals surface area contributed by atoms with Gasteiger partial charge >= 0.3 is 65.4 Å². The van der Waals surface area contributed by atoms with E-state index in [9.17, 15) is 43.5 Å². The minimum atomic E-state index is -1.62. The molecule has 0 bridgehead atoms. The average Bonchev–Trinajstić information content (AvgIpc) is 3.55. The number of likely N-dealkylation sites (N-methyl/N-ethyl adjacent to an activating group) is 1. The Morgan fingerprint density at radius 1 is 1.15 bits per heavy atom. The van der Waals surface area contributed by atoms with Crippen LogP contribution in [0, 0.1) is 0 Å². The number of aromatic nitrogens is 4. The summed E-state index contributed by atoms with van der Waals surface area (Å²) in [5.41, 5.74) is 5.65. The van der Waals surface area contributed by atoms with Gasteiger partial charge in [-0.1, -0.05) is 23.9 Å². The van der Waals surface area contributed by atoms with Crippen molar-refractivity contribution in [3.8, 4) is 0 Å². The monoisotopic (exact) mass is 799 g/mol. The molecule has 7 amide bonds. The number of anilines is 1. The van der Waals surface area contributed by atoms with Gasteiger partial charge < -0.3 is 37.6 Å². The Bertz CT molecular complexity index is 1900. The van der Waals surface area contributed by atoms with Gasteiger partial charge in [0.05, 0.1) is 0 Å². The summed E-state index contributed by atoms with van der Waals surface area (Å²) in [6.07, 6.45) is -1.08. The SMILES string of the molecule is CCN1CCN(C(=O)N[C@@H](C(=O)N[C@@H]2C(=O)N3C(C(=O)O)=C(CSc4nnnn4C)CS[C@H]23)c2cccc(NC(=O)OC[C@@H](N)C(=O)O)c2)C(=O)C1=O.[H-].[Na+]. The van der Waals surface area contributed by atoms with Crippen LogP contribution < -0.4 is 51.2 Å². The van der Waals surface area contributed by atoms with Crippen LogP contribution in [0.2, 0.25) is 0 Å². The van der Waals surface area contributed by atoms with Gasteiger partial charge in [-0.25, -0.2) is 19.1 Å². The molecule has 7 N–H and O–H groups in total. The number of carboxylic acid groups (broad SMARTS) is 2. The van der Waals surface area contributed by atoms with Gasteiger partial charge in [0.2, 0.25) is 11.1 Å². The normalized spacial score (nSPS) is 19.2. The molecule has 0 aliphatic carbocycles. The number of ether oxygens (including phenoxy) is 1. The molecule has 2 aromatic rings. The molecule has 2 fully saturated rings. The van der Waals surface area contributed by atoms with Crippen LogP contribution in [0.25, 0.3) is 0 Å². The first-order valence-electron chi connectivity index (χ1n) is 15.7. The number of amides is 7. The topological polar surface area (TPSA) is 302 Å². The third-order valence-electron chi connectivity index (χ3n) is 8.15. The number of fused-ring (bicyclic) bond motifs is 1. The summed E-state index contributed by atoms with van der Waals surface area (Å²) in [7, 11) is 1.62. The van der Waals surface area contributed by atoms with E-state index < -0.39 is 77.8 Å². The molecule has 4 atom stereocenters. The van der Waals surface area contributed by atoms with Gasteiger partial charge in [0.1, 0.15) is 35.8 Å². The van der Waals surface area contributed by atoms with Crippen molar-refractivity contribution >= 4 is 76.9 Å². The Morgan fingerprint density at radius 3 is 2.54 bits per heavy atom. The summed E-state index contributed by atoms with van der Waals surface area (Å²) in [5, 5.41) is 37.1. The third kappa shape index (κ3) is 9.12. The number of rotatable bonds is 13. The summed E-state index contributed by atoms with van der Waals surface area (Å²) < 4.78 is 6.23. The van der Waals surface area contributed by atoms with Gasteiger partial charge in [-0.15, -0.1) is 16.9 Å². The Hall–Kier alpha value is -4.75. The number of β-lactam (4-membered cyclic amide) rings is 1. The fraction of sp³-hybridized carbons (Fsp3) is 0.414. The standard InChI is InChI=1S/C29H33N11O11S2.Na.H/c1-3-38-7-8-39(23(44)22(38)43)27(49)33-17(13-5-4-6-15(9-13)31-29(50)51-10-16(30)25(45)46)20(41)32-18-21(42)40-19(26(47)48)14(11-52-24(18)40)12-53-28-34-35-36-37(28)2;;/h4-6,9,16-18,24H,3,7-8,10-12,30H2,1-2H3,(H,31,50)(H,32,41)(H,33,49)(H,45,46)(H,47,48);;/q;+1;-1/t16-,17-,18-,24-;;/m1../s1. The predicted molar refractivity (Wildman–Crippen MR) is 183 cm³/mol. The fourth-order valence-electron chi connectivity index (χ4n) is 5.38. The quantitative estimate of drug-likeness (QED) is 0.0480. The van der Waals surface area contributed by atoms with Gasteiger partial charge in [0, 0.05) is 43.9 Å². The number of nitrogens with two attached hydrogens (primary N) is 1. The van der Waals surface area contributed by atoms with E-state index in [1.54, 1.807) is 14.0 Å². The van der Waals surface area contributed by atoms with Gasteiger partial charge in [-0.3, -0.25) is 39.1 Å². The summed E-state index contributed by atoms with van der Waals surface area (Å²) in [6, 6.07) is 0.0624. The Labute approximate surface area is 337 Å². The second-order valence-corrected chi connectivity index (χ2v) is 13.6. The van der Waals surface area contributed by atoms with E-state index in [0.29, 0.717) is 15.6 Å². The fourth-order valence-corrected chi connectivity index (χ4v) is 7.72. The largest absolute Gasteiger partial charge is 1.00 e. The molecule has 0 radical (unpaired) electrons. The number of carboxylic acids is 2. The van der Waals surface area contributed by atoms with Gasteiger partial charge in [0.15, 0.2) is 0 Å². The molecule has 1 aromatic carbocycles. The van der Waals surface area contributed by atoms with Gasteiger partial charge in [0.25, 0.3) is 5.91 Å². The molecule has 284 valence electrons. The van der Waals surface area contributed by atoms with Crippen molar-refractivity contribution in [1.82, 2.24) is 45.5 Å². The first-order chi connectivity index (χ1) is 25.2. The first-order valence-corrected chi connectivity index (χ1v) is 17.7. The number of aryl methyl sites for hydroxylation is 1. The number of hydrogen-bond donors (Lipinski definition) is 6. The van der Waals surface area contributed by atoms with Crippen molar-refractivity contribution in [2.24, 2.45) is 12.8 Å². The Morgan fingerprint density at radius 2 is 1.89 bits per heavy atom. The smallest absolute Gasteiger partial charge is 1.00 e. The van der Waals surface area contributed by atoms with Crippen LogP contribution in [-0.2, 0) is 40.6 Å². The molecule has 2 saturated heterocycles. The second-order valence-electron chi connectivity index (χ2n) is 11.5. The van der Waals surface area contributed by atoms with Crippen molar-refractivity contribution < 1.29 is 84.3 Å². The summed E-state index contributed by atoms with van der Waals surface area (Å²) in [5.74, 6) is -6.07. The molecule has 4 heterocycles. The van der Waals surface area contributed by atoms with E-state index >= 15 is 0 Å². The van der Waals surface area contributed by atoms with Crippen molar-refractivity contribution in [1.29, 1.82) is 0 Å². The Kier molecular flexibility index (Phi) is 14.0. The molecule has 3 aliphatic rings. The maximum Gasteiger partial charge on any atom is 1.00 e. The van der Waals surface area contributed by atoms with E-state index in [1.165, 1.54) is 57.4 Å². The van der Waals surface area contributed by atoms with Crippen LogP contribution in [0.1, 0.15) is 20.0 Å². The number of imide groups is 1. The van der Waals surface area contributed by atoms with Crippen LogP contribution in [0.5, 0.6) is 0 Å². The molecule has 25 heteroatoms. The van der Waals surface area contributed by atoms with Crippen LogP contribution in [0.15, 0.2) is 40.7 Å². The molecule has 1 aromatic heterocycles. The molecule has 3 aliphatic heterocycles. The number of thioether (sulfide) groups is 2. The number of hydrogen-bond acceptors (Lipinski definition) is 15. The zero-order chi connectivity index (χ0) is 38.6. The number of aliphatic carboxylic acids is 2. The maximum atomic E-state index is 13.9. The van der Waals surface area contributed by atoms with Crippen molar-refractivity contribution in [3.05, 3.63) is 41.1 Å². The third-order valence-corrected chi connectivity index (χ3v) is 10.6. The molecule has 22 nitrogen and oxygen atoms in total. The van der Waals surface area contributed by atoms with Crippen LogP contribution in [0.4, 0.5) is 15.3 Å². The number of nitrogens with zero attached hydrogens (tertiary/aromatic N) is 7. The maximum absolute atomic E-state index is 13.9. The van der Waals surface area contributed by atoms with Crippen molar-refractivity contribution in [2.45, 2.75) is 35.6 Å². The first kappa shape index (κ1) is 42.0. The summed E-state index contributed by atoms with van der Waals surface area (Å²) in [4.78, 5) is 105. The van der Waals surface area contributed by atoms with E-state index in [2.05, 4.69) is 31.5 Å². The minimum absolute atomic E-state index is 0. The van der Waals surface area contributed by atoms with Crippen LogP contribution in [0.3, 0.4) is 0 Å².